The molecule has 2 N–H and O–H groups in total. The van der Waals surface area contributed by atoms with Gasteiger partial charge in [-0.25, -0.2) is 4.79 Å². The van der Waals surface area contributed by atoms with E-state index in [9.17, 15) is 14.4 Å². The molecular formula is C14H16N2O4. The van der Waals surface area contributed by atoms with Gasteiger partial charge in [0.25, 0.3) is 0 Å². The Hall–Kier alpha value is -2.37. The van der Waals surface area contributed by atoms with E-state index >= 15 is 0 Å². The van der Waals surface area contributed by atoms with E-state index < -0.39 is 0 Å². The van der Waals surface area contributed by atoms with Gasteiger partial charge in [-0.1, -0.05) is 0 Å². The molecule has 2 rings (SSSR count). The van der Waals surface area contributed by atoms with Crippen molar-refractivity contribution in [2.24, 2.45) is 5.92 Å². The number of rotatable bonds is 4. The van der Waals surface area contributed by atoms with E-state index in [4.69, 9.17) is 0 Å². The SMILES string of the molecule is COC(=O)c1ccc(NCC2CCC(=O)NC2=O)cc1. The summed E-state index contributed by atoms with van der Waals surface area (Å²) in [5.41, 5.74) is 1.28. The van der Waals surface area contributed by atoms with Gasteiger partial charge in [0.1, 0.15) is 0 Å². The molecule has 20 heavy (non-hydrogen) atoms. The van der Waals surface area contributed by atoms with E-state index in [-0.39, 0.29) is 23.7 Å². The Kier molecular flexibility index (Phi) is 4.34. The molecule has 1 unspecified atom stereocenters. The Morgan fingerprint density at radius 1 is 1.35 bits per heavy atom. The van der Waals surface area contributed by atoms with Crippen LogP contribution in [0.25, 0.3) is 0 Å². The number of methoxy groups -OCH3 is 1. The Balaban J connectivity index is 1.89. The highest BCUT2D eigenvalue weighted by atomic mass is 16.5. The lowest BCUT2D eigenvalue weighted by molar-refractivity contribution is -0.135. The predicted octanol–water partition coefficient (Wildman–Crippen LogP) is 0.938. The number of anilines is 1. The normalized spacial score (nSPS) is 18.4. The lowest BCUT2D eigenvalue weighted by atomic mass is 9.98. The van der Waals surface area contributed by atoms with Crippen LogP contribution in [0, 0.1) is 5.92 Å². The van der Waals surface area contributed by atoms with Crippen molar-refractivity contribution in [1.82, 2.24) is 5.32 Å². The first kappa shape index (κ1) is 14.0. The van der Waals surface area contributed by atoms with Crippen LogP contribution in [0.4, 0.5) is 5.69 Å². The van der Waals surface area contributed by atoms with Crippen molar-refractivity contribution in [3.05, 3.63) is 29.8 Å². The van der Waals surface area contributed by atoms with Crippen LogP contribution >= 0.6 is 0 Å². The topological polar surface area (TPSA) is 84.5 Å². The number of amides is 2. The second-order valence-electron chi connectivity index (χ2n) is 4.60. The van der Waals surface area contributed by atoms with E-state index in [1.807, 2.05) is 0 Å². The van der Waals surface area contributed by atoms with Crippen molar-refractivity contribution in [2.75, 3.05) is 19.0 Å². The average Bonchev–Trinajstić information content (AvgIpc) is 2.46. The van der Waals surface area contributed by atoms with Crippen LogP contribution < -0.4 is 10.6 Å². The Bertz CT molecular complexity index is 524. The van der Waals surface area contributed by atoms with E-state index in [1.54, 1.807) is 24.3 Å². The number of carbonyl (C=O) groups is 3. The highest BCUT2D eigenvalue weighted by molar-refractivity contribution is 5.98. The summed E-state index contributed by atoms with van der Waals surface area (Å²) < 4.78 is 4.61. The fourth-order valence-corrected chi connectivity index (χ4v) is 2.02. The van der Waals surface area contributed by atoms with Crippen LogP contribution in [-0.2, 0) is 14.3 Å². The number of ether oxygens (including phenoxy) is 1. The second-order valence-corrected chi connectivity index (χ2v) is 4.60. The van der Waals surface area contributed by atoms with Crippen LogP contribution in [0.3, 0.4) is 0 Å². The maximum absolute atomic E-state index is 11.6. The summed E-state index contributed by atoms with van der Waals surface area (Å²) >= 11 is 0. The molecule has 1 heterocycles. The highest BCUT2D eigenvalue weighted by Gasteiger charge is 2.26. The summed E-state index contributed by atoms with van der Waals surface area (Å²) in [4.78, 5) is 33.9. The summed E-state index contributed by atoms with van der Waals surface area (Å²) in [5.74, 6) is -1.05. The molecular weight excluding hydrogens is 260 g/mol. The fourth-order valence-electron chi connectivity index (χ4n) is 2.02. The van der Waals surface area contributed by atoms with Crippen molar-refractivity contribution in [3.63, 3.8) is 0 Å². The number of piperidine rings is 1. The molecule has 1 aliphatic rings. The number of benzene rings is 1. The van der Waals surface area contributed by atoms with Gasteiger partial charge in [0.15, 0.2) is 0 Å². The van der Waals surface area contributed by atoms with Gasteiger partial charge < -0.3 is 10.1 Å². The van der Waals surface area contributed by atoms with Gasteiger partial charge in [-0.05, 0) is 30.7 Å². The number of nitrogens with one attached hydrogen (secondary N) is 2. The van der Waals surface area contributed by atoms with Crippen molar-refractivity contribution in [2.45, 2.75) is 12.8 Å². The van der Waals surface area contributed by atoms with Crippen molar-refractivity contribution >= 4 is 23.5 Å². The largest absolute Gasteiger partial charge is 0.465 e. The van der Waals surface area contributed by atoms with E-state index in [1.165, 1.54) is 7.11 Å². The van der Waals surface area contributed by atoms with Crippen LogP contribution in [-0.4, -0.2) is 31.4 Å². The first-order valence-corrected chi connectivity index (χ1v) is 6.36. The Labute approximate surface area is 116 Å². The predicted molar refractivity (Wildman–Crippen MR) is 72.1 cm³/mol. The maximum atomic E-state index is 11.6. The standard InChI is InChI=1S/C14H16N2O4/c1-20-14(19)9-2-5-11(6-3-9)15-8-10-4-7-12(17)16-13(10)18/h2-3,5-6,10,15H,4,7-8H2,1H3,(H,16,17,18). The molecule has 0 bridgehead atoms. The van der Waals surface area contributed by atoms with Crippen molar-refractivity contribution < 1.29 is 19.1 Å². The number of carbonyl (C=O) groups excluding carboxylic acids is 3. The fraction of sp³-hybridized carbons (Fsp3) is 0.357. The van der Waals surface area contributed by atoms with Gasteiger partial charge in [0.2, 0.25) is 11.8 Å². The van der Waals surface area contributed by atoms with Crippen LogP contribution in [0.15, 0.2) is 24.3 Å². The minimum Gasteiger partial charge on any atom is -0.465 e. The zero-order valence-electron chi connectivity index (χ0n) is 11.1. The second kappa shape index (κ2) is 6.18. The highest BCUT2D eigenvalue weighted by Crippen LogP contribution is 2.15. The van der Waals surface area contributed by atoms with Gasteiger partial charge in [-0.15, -0.1) is 0 Å². The van der Waals surface area contributed by atoms with Crippen LogP contribution in [0.5, 0.6) is 0 Å². The maximum Gasteiger partial charge on any atom is 0.337 e. The summed E-state index contributed by atoms with van der Waals surface area (Å²) in [6.07, 6.45) is 0.928. The molecule has 1 saturated heterocycles. The molecule has 6 heteroatoms. The summed E-state index contributed by atoms with van der Waals surface area (Å²) in [7, 11) is 1.33. The molecule has 6 nitrogen and oxygen atoms in total. The molecule has 1 aromatic carbocycles. The zero-order chi connectivity index (χ0) is 14.5. The molecule has 0 spiro atoms. The Morgan fingerprint density at radius 2 is 2.05 bits per heavy atom. The average molecular weight is 276 g/mol. The smallest absolute Gasteiger partial charge is 0.337 e. The molecule has 1 aliphatic heterocycles. The minimum absolute atomic E-state index is 0.214. The van der Waals surface area contributed by atoms with Gasteiger partial charge in [0, 0.05) is 18.7 Å². The van der Waals surface area contributed by atoms with E-state index in [0.717, 1.165) is 5.69 Å². The molecule has 1 atom stereocenters. The first-order valence-electron chi connectivity index (χ1n) is 6.36. The first-order chi connectivity index (χ1) is 9.60. The lowest BCUT2D eigenvalue weighted by Gasteiger charge is -2.21. The van der Waals surface area contributed by atoms with Gasteiger partial charge in [0.05, 0.1) is 18.6 Å². The molecule has 0 radical (unpaired) electrons. The van der Waals surface area contributed by atoms with Gasteiger partial charge >= 0.3 is 5.97 Å². The van der Waals surface area contributed by atoms with E-state index in [0.29, 0.717) is 24.9 Å². The van der Waals surface area contributed by atoms with Crippen LogP contribution in [0.2, 0.25) is 0 Å². The third kappa shape index (κ3) is 3.34. The molecule has 0 aliphatic carbocycles. The lowest BCUT2D eigenvalue weighted by Crippen LogP contribution is -2.43. The quantitative estimate of drug-likeness (QED) is 0.631. The Morgan fingerprint density at radius 3 is 2.65 bits per heavy atom. The summed E-state index contributed by atoms with van der Waals surface area (Å²) in [6, 6.07) is 6.80. The molecule has 0 saturated carbocycles. The van der Waals surface area contributed by atoms with Crippen molar-refractivity contribution in [3.8, 4) is 0 Å². The van der Waals surface area contributed by atoms with E-state index in [2.05, 4.69) is 15.4 Å². The molecule has 106 valence electrons. The van der Waals surface area contributed by atoms with Crippen molar-refractivity contribution in [1.29, 1.82) is 0 Å². The zero-order valence-corrected chi connectivity index (χ0v) is 11.1. The monoisotopic (exact) mass is 276 g/mol. The number of esters is 1. The third-order valence-corrected chi connectivity index (χ3v) is 3.21. The summed E-state index contributed by atoms with van der Waals surface area (Å²) in [6.45, 7) is 0.455. The molecule has 0 aromatic heterocycles. The summed E-state index contributed by atoms with van der Waals surface area (Å²) in [5, 5.41) is 5.44. The number of hydrogen-bond donors (Lipinski definition) is 2. The number of imide groups is 1. The molecule has 1 aromatic rings. The molecule has 2 amide bonds. The van der Waals surface area contributed by atoms with Gasteiger partial charge in [-0.2, -0.15) is 0 Å². The third-order valence-electron chi connectivity index (χ3n) is 3.21. The number of hydrogen-bond acceptors (Lipinski definition) is 5. The van der Waals surface area contributed by atoms with Crippen LogP contribution in [0.1, 0.15) is 23.2 Å². The minimum atomic E-state index is -0.387. The van der Waals surface area contributed by atoms with Gasteiger partial charge in [-0.3, -0.25) is 14.9 Å². The molecule has 1 fully saturated rings.